The monoisotopic (exact) mass is 338 g/mol. The number of anilines is 1. The maximum Gasteiger partial charge on any atom is 0.311 e. The summed E-state index contributed by atoms with van der Waals surface area (Å²) in [6, 6.07) is 0. The van der Waals surface area contributed by atoms with Gasteiger partial charge in [0, 0.05) is 6.92 Å². The van der Waals surface area contributed by atoms with Gasteiger partial charge in [-0.1, -0.05) is 18.3 Å². The smallest absolute Gasteiger partial charge is 0.311 e. The Morgan fingerprint density at radius 3 is 3.09 bits per heavy atom. The summed E-state index contributed by atoms with van der Waals surface area (Å²) in [5.74, 6) is -0.215. The van der Waals surface area contributed by atoms with E-state index in [0.29, 0.717) is 29.6 Å². The Morgan fingerprint density at radius 1 is 1.61 bits per heavy atom. The Kier molecular flexibility index (Phi) is 4.31. The minimum absolute atomic E-state index is 0.116. The molecule has 2 N–H and O–H groups in total. The number of nitrogens with two attached hydrogens (primary N) is 1. The van der Waals surface area contributed by atoms with E-state index in [4.69, 9.17) is 15.2 Å². The Labute approximate surface area is 136 Å². The number of ether oxygens (including phenoxy) is 2. The van der Waals surface area contributed by atoms with Crippen LogP contribution in [-0.2, 0) is 14.3 Å². The van der Waals surface area contributed by atoms with Crippen molar-refractivity contribution in [2.24, 2.45) is 0 Å². The van der Waals surface area contributed by atoms with E-state index in [1.165, 1.54) is 11.5 Å². The molecule has 23 heavy (non-hydrogen) atoms. The number of nitrogens with zero attached hydrogens (tertiary/aromatic N) is 3. The molecule has 1 fully saturated rings. The maximum absolute atomic E-state index is 12.3. The van der Waals surface area contributed by atoms with Crippen molar-refractivity contribution in [1.29, 1.82) is 0 Å². The molecule has 2 aromatic heterocycles. The molecular weight excluding hydrogens is 320 g/mol. The Hall–Kier alpha value is -2.00. The molecule has 0 aromatic carbocycles. The van der Waals surface area contributed by atoms with Gasteiger partial charge in [0.15, 0.2) is 5.65 Å². The number of rotatable bonds is 4. The number of carbonyl (C=O) groups excluding carboxylic acids is 1. The summed E-state index contributed by atoms with van der Waals surface area (Å²) < 4.78 is 13.5. The molecule has 0 aliphatic carbocycles. The largest absolute Gasteiger partial charge is 0.460 e. The number of carbonyl (C=O) groups is 1. The number of esters is 1. The third kappa shape index (κ3) is 3.06. The van der Waals surface area contributed by atoms with Crippen molar-refractivity contribution >= 4 is 33.6 Å². The fourth-order valence-electron chi connectivity index (χ4n) is 2.85. The molecule has 0 amide bonds. The number of hydrogen-bond donors (Lipinski definition) is 1. The van der Waals surface area contributed by atoms with Gasteiger partial charge in [0.25, 0.3) is 0 Å². The highest BCUT2D eigenvalue weighted by atomic mass is 32.1. The molecule has 0 radical (unpaired) electrons. The van der Waals surface area contributed by atoms with Crippen LogP contribution < -0.4 is 10.6 Å². The van der Waals surface area contributed by atoms with Crippen LogP contribution in [0.5, 0.6) is 0 Å². The summed E-state index contributed by atoms with van der Waals surface area (Å²) in [6.45, 7) is 3.32. The Bertz CT molecular complexity index is 787. The van der Waals surface area contributed by atoms with Gasteiger partial charge in [0.1, 0.15) is 12.3 Å². The highest BCUT2D eigenvalue weighted by Crippen LogP contribution is 2.33. The molecule has 3 heterocycles. The zero-order valence-electron chi connectivity index (χ0n) is 12.9. The predicted molar refractivity (Wildman–Crippen MR) is 85.1 cm³/mol. The van der Waals surface area contributed by atoms with Crippen LogP contribution in [0.25, 0.3) is 10.3 Å². The van der Waals surface area contributed by atoms with Crippen LogP contribution in [0.2, 0.25) is 0 Å². The van der Waals surface area contributed by atoms with Gasteiger partial charge < -0.3 is 15.2 Å². The van der Waals surface area contributed by atoms with E-state index >= 15 is 0 Å². The molecule has 0 unspecified atom stereocenters. The highest BCUT2D eigenvalue weighted by molar-refractivity contribution is 7.16. The first-order valence-corrected chi connectivity index (χ1v) is 8.27. The van der Waals surface area contributed by atoms with Crippen LogP contribution in [-0.4, -0.2) is 32.7 Å². The highest BCUT2D eigenvalue weighted by Gasteiger charge is 2.35. The molecular formula is C14H18N4O4S. The summed E-state index contributed by atoms with van der Waals surface area (Å²) in [5.41, 5.74) is 6.11. The number of hydrogen-bond acceptors (Lipinski definition) is 8. The summed E-state index contributed by atoms with van der Waals surface area (Å²) in [7, 11) is 0. The Balaban J connectivity index is 1.87. The third-order valence-corrected chi connectivity index (χ3v) is 4.71. The molecule has 2 aromatic rings. The van der Waals surface area contributed by atoms with Crippen LogP contribution in [0.1, 0.15) is 39.3 Å². The predicted octanol–water partition coefficient (Wildman–Crippen LogP) is 1.45. The average molecular weight is 338 g/mol. The second kappa shape index (κ2) is 6.25. The van der Waals surface area contributed by atoms with Crippen molar-refractivity contribution < 1.29 is 14.3 Å². The molecule has 0 saturated carbocycles. The minimum Gasteiger partial charge on any atom is -0.460 e. The normalized spacial score (nSPS) is 22.3. The lowest BCUT2D eigenvalue weighted by molar-refractivity contribution is -0.156. The number of nitrogen functional groups attached to an aromatic ring is 1. The van der Waals surface area contributed by atoms with Crippen LogP contribution >= 0.6 is 11.3 Å². The van der Waals surface area contributed by atoms with E-state index in [1.807, 2.05) is 6.92 Å². The van der Waals surface area contributed by atoms with Crippen molar-refractivity contribution in [3.63, 3.8) is 0 Å². The van der Waals surface area contributed by atoms with E-state index in [1.54, 1.807) is 6.20 Å². The fraction of sp³-hybridized carbons (Fsp3) is 0.571. The Morgan fingerprint density at radius 2 is 2.39 bits per heavy atom. The number of aromatic nitrogens is 3. The van der Waals surface area contributed by atoms with Crippen molar-refractivity contribution in [2.45, 2.75) is 51.5 Å². The van der Waals surface area contributed by atoms with Gasteiger partial charge in [-0.15, -0.1) is 0 Å². The van der Waals surface area contributed by atoms with Crippen LogP contribution in [0.4, 0.5) is 5.95 Å². The molecule has 3 rings (SSSR count). The SMILES string of the molecule is CC[C@H](OC(C)=O)[C@@H]1CC[C@H](n2c(=O)sc3cnc(N)nc32)O1. The molecule has 1 aliphatic rings. The topological polar surface area (TPSA) is 109 Å². The van der Waals surface area contributed by atoms with Crippen molar-refractivity contribution in [1.82, 2.24) is 14.5 Å². The number of fused-ring (bicyclic) bond motifs is 1. The van der Waals surface area contributed by atoms with Crippen LogP contribution in [0, 0.1) is 0 Å². The second-order valence-electron chi connectivity index (χ2n) is 5.42. The molecule has 1 aliphatic heterocycles. The van der Waals surface area contributed by atoms with E-state index in [2.05, 4.69) is 9.97 Å². The van der Waals surface area contributed by atoms with Crippen molar-refractivity contribution in [3.8, 4) is 0 Å². The van der Waals surface area contributed by atoms with Gasteiger partial charge >= 0.3 is 10.8 Å². The first-order valence-electron chi connectivity index (χ1n) is 7.45. The van der Waals surface area contributed by atoms with Gasteiger partial charge in [-0.2, -0.15) is 4.98 Å². The van der Waals surface area contributed by atoms with E-state index in [9.17, 15) is 9.59 Å². The maximum atomic E-state index is 12.3. The summed E-state index contributed by atoms with van der Waals surface area (Å²) in [4.78, 5) is 31.3. The third-order valence-electron chi connectivity index (χ3n) is 3.83. The standard InChI is InChI=1S/C14H18N4O4S/c1-3-8(21-7(2)19)9-4-5-11(22-9)18-12-10(23-14(18)20)6-16-13(15)17-12/h6,8-9,11H,3-5H2,1-2H3,(H2,15,16,17)/t8-,9-,11+/m0/s1. The van der Waals surface area contributed by atoms with Gasteiger partial charge in [0.05, 0.1) is 17.0 Å². The van der Waals surface area contributed by atoms with E-state index < -0.39 is 6.23 Å². The lowest BCUT2D eigenvalue weighted by atomic mass is 10.1. The van der Waals surface area contributed by atoms with Crippen LogP contribution in [0.3, 0.4) is 0 Å². The van der Waals surface area contributed by atoms with E-state index in [-0.39, 0.29) is 29.0 Å². The molecule has 1 saturated heterocycles. The molecule has 3 atom stereocenters. The first-order chi connectivity index (χ1) is 11.0. The quantitative estimate of drug-likeness (QED) is 0.840. The van der Waals surface area contributed by atoms with Crippen LogP contribution in [0.15, 0.2) is 11.0 Å². The zero-order valence-corrected chi connectivity index (χ0v) is 13.7. The summed E-state index contributed by atoms with van der Waals surface area (Å²) >= 11 is 1.06. The zero-order chi connectivity index (χ0) is 16.6. The molecule has 0 spiro atoms. The van der Waals surface area contributed by atoms with Gasteiger partial charge in [0.2, 0.25) is 5.95 Å². The van der Waals surface area contributed by atoms with Gasteiger partial charge in [-0.05, 0) is 19.3 Å². The summed E-state index contributed by atoms with van der Waals surface area (Å²) in [6.07, 6.45) is 2.60. The van der Waals surface area contributed by atoms with Crippen molar-refractivity contribution in [2.75, 3.05) is 5.73 Å². The minimum atomic E-state index is -0.430. The van der Waals surface area contributed by atoms with Crippen molar-refractivity contribution in [3.05, 3.63) is 15.9 Å². The average Bonchev–Trinajstić information content (AvgIpc) is 3.08. The number of thiazole rings is 1. The van der Waals surface area contributed by atoms with Gasteiger partial charge in [-0.3, -0.25) is 14.2 Å². The lowest BCUT2D eigenvalue weighted by Gasteiger charge is -2.22. The summed E-state index contributed by atoms with van der Waals surface area (Å²) in [5, 5.41) is 0. The lowest BCUT2D eigenvalue weighted by Crippen LogP contribution is -2.31. The van der Waals surface area contributed by atoms with E-state index in [0.717, 1.165) is 11.3 Å². The molecule has 8 nitrogen and oxygen atoms in total. The molecule has 124 valence electrons. The molecule has 0 bridgehead atoms. The molecule has 9 heteroatoms. The first kappa shape index (κ1) is 15.9. The fourth-order valence-corrected chi connectivity index (χ4v) is 3.68. The van der Waals surface area contributed by atoms with Gasteiger partial charge in [-0.25, -0.2) is 4.98 Å². The second-order valence-corrected chi connectivity index (χ2v) is 6.41.